The highest BCUT2D eigenvalue weighted by molar-refractivity contribution is 9.10. The molecule has 0 aliphatic carbocycles. The van der Waals surface area contributed by atoms with E-state index < -0.39 is 0 Å². The number of thiazole rings is 1. The molecule has 0 N–H and O–H groups in total. The van der Waals surface area contributed by atoms with Gasteiger partial charge in [0.1, 0.15) is 19.0 Å². The maximum absolute atomic E-state index is 11.6. The molecule has 5 nitrogen and oxygen atoms in total. The van der Waals surface area contributed by atoms with Gasteiger partial charge in [0.05, 0.1) is 6.42 Å². The molecule has 0 saturated heterocycles. The molecule has 0 amide bonds. The lowest BCUT2D eigenvalue weighted by Gasteiger charge is -2.08. The Morgan fingerprint density at radius 3 is 2.64 bits per heavy atom. The molecule has 0 bridgehead atoms. The Balaban J connectivity index is 1.66. The molecule has 7 heteroatoms. The number of hydrogen-bond acceptors (Lipinski definition) is 5. The summed E-state index contributed by atoms with van der Waals surface area (Å²) in [6.45, 7) is 2.67. The van der Waals surface area contributed by atoms with Crippen LogP contribution in [0.15, 0.2) is 38.9 Å². The van der Waals surface area contributed by atoms with Crippen LogP contribution < -0.4 is 9.61 Å². The first kappa shape index (κ1) is 16.8. The molecule has 2 rings (SSSR count). The second kappa shape index (κ2) is 8.14. The summed E-state index contributed by atoms with van der Waals surface area (Å²) in [4.78, 5) is 23.1. The van der Waals surface area contributed by atoms with Crippen molar-refractivity contribution < 1.29 is 14.3 Å². The zero-order valence-corrected chi connectivity index (χ0v) is 14.5. The zero-order chi connectivity index (χ0) is 15.9. The van der Waals surface area contributed by atoms with Crippen LogP contribution in [0.25, 0.3) is 0 Å². The van der Waals surface area contributed by atoms with Gasteiger partial charge in [0.15, 0.2) is 0 Å². The molecule has 0 fully saturated rings. The van der Waals surface area contributed by atoms with Crippen LogP contribution in [-0.2, 0) is 16.1 Å². The van der Waals surface area contributed by atoms with Gasteiger partial charge in [-0.2, -0.15) is 0 Å². The number of aryl methyl sites for hydroxylation is 1. The van der Waals surface area contributed by atoms with Crippen LogP contribution in [0.3, 0.4) is 0 Å². The van der Waals surface area contributed by atoms with Crippen molar-refractivity contribution in [3.8, 4) is 5.75 Å². The van der Waals surface area contributed by atoms with E-state index in [9.17, 15) is 9.59 Å². The summed E-state index contributed by atoms with van der Waals surface area (Å²) in [5, 5.41) is 1.78. The van der Waals surface area contributed by atoms with Crippen LogP contribution in [0.2, 0.25) is 0 Å². The molecular weight excluding hydrogens is 370 g/mol. The molecule has 118 valence electrons. The largest absolute Gasteiger partial charge is 0.490 e. The molecule has 1 aromatic carbocycles. The van der Waals surface area contributed by atoms with Crippen LogP contribution in [0.5, 0.6) is 5.75 Å². The smallest absolute Gasteiger partial charge is 0.307 e. The number of aromatic nitrogens is 1. The van der Waals surface area contributed by atoms with E-state index in [2.05, 4.69) is 15.9 Å². The molecule has 1 heterocycles. The summed E-state index contributed by atoms with van der Waals surface area (Å²) in [7, 11) is 0. The third kappa shape index (κ3) is 4.99. The topological polar surface area (TPSA) is 57.5 Å². The number of benzene rings is 1. The minimum absolute atomic E-state index is 0.0520. The molecule has 0 aliphatic rings. The first-order valence-electron chi connectivity index (χ1n) is 6.75. The van der Waals surface area contributed by atoms with Gasteiger partial charge in [-0.3, -0.25) is 9.59 Å². The van der Waals surface area contributed by atoms with E-state index in [0.717, 1.165) is 27.3 Å². The van der Waals surface area contributed by atoms with Crippen LogP contribution in [0, 0.1) is 6.92 Å². The monoisotopic (exact) mass is 385 g/mol. The number of halogens is 1. The normalized spacial score (nSPS) is 10.5. The van der Waals surface area contributed by atoms with E-state index in [-0.39, 0.29) is 23.9 Å². The Morgan fingerprint density at radius 2 is 2.00 bits per heavy atom. The quantitative estimate of drug-likeness (QED) is 0.542. The Morgan fingerprint density at radius 1 is 1.27 bits per heavy atom. The minimum Gasteiger partial charge on any atom is -0.490 e. The van der Waals surface area contributed by atoms with Gasteiger partial charge < -0.3 is 14.0 Å². The van der Waals surface area contributed by atoms with Crippen molar-refractivity contribution >= 4 is 33.2 Å². The SMILES string of the molecule is Cc1csc(=O)n1CCC(=O)OCCOc1ccc(Br)cc1. The average molecular weight is 386 g/mol. The first-order chi connectivity index (χ1) is 10.6. The highest BCUT2D eigenvalue weighted by atomic mass is 79.9. The fourth-order valence-electron chi connectivity index (χ4n) is 1.80. The van der Waals surface area contributed by atoms with Gasteiger partial charge >= 0.3 is 10.8 Å². The van der Waals surface area contributed by atoms with Crippen molar-refractivity contribution in [1.29, 1.82) is 0 Å². The van der Waals surface area contributed by atoms with Crippen LogP contribution in [-0.4, -0.2) is 23.8 Å². The average Bonchev–Trinajstić information content (AvgIpc) is 2.82. The van der Waals surface area contributed by atoms with Crippen LogP contribution >= 0.6 is 27.3 Å². The molecular formula is C15H16BrNO4S. The summed E-state index contributed by atoms with van der Waals surface area (Å²) in [5.74, 6) is 0.386. The Kier molecular flexibility index (Phi) is 6.21. The van der Waals surface area contributed by atoms with Gasteiger partial charge in [0.2, 0.25) is 0 Å². The third-order valence-electron chi connectivity index (χ3n) is 2.94. The number of rotatable bonds is 7. The van der Waals surface area contributed by atoms with E-state index >= 15 is 0 Å². The Bertz CT molecular complexity index is 678. The number of carbonyl (C=O) groups is 1. The maximum atomic E-state index is 11.6. The highest BCUT2D eigenvalue weighted by Gasteiger charge is 2.07. The third-order valence-corrected chi connectivity index (χ3v) is 4.35. The number of hydrogen-bond donors (Lipinski definition) is 0. The lowest BCUT2D eigenvalue weighted by molar-refractivity contribution is -0.144. The predicted molar refractivity (Wildman–Crippen MR) is 88.5 cm³/mol. The number of ether oxygens (including phenoxy) is 2. The minimum atomic E-state index is -0.336. The molecule has 0 unspecified atom stereocenters. The fraction of sp³-hybridized carbons (Fsp3) is 0.333. The van der Waals surface area contributed by atoms with E-state index in [4.69, 9.17) is 9.47 Å². The zero-order valence-electron chi connectivity index (χ0n) is 12.1. The second-order valence-electron chi connectivity index (χ2n) is 4.57. The summed E-state index contributed by atoms with van der Waals surface area (Å²) in [6, 6.07) is 7.42. The summed E-state index contributed by atoms with van der Waals surface area (Å²) < 4.78 is 13.1. The van der Waals surface area contributed by atoms with Crippen LogP contribution in [0.4, 0.5) is 0 Å². The van der Waals surface area contributed by atoms with Crippen molar-refractivity contribution in [3.63, 3.8) is 0 Å². The van der Waals surface area contributed by atoms with Gasteiger partial charge in [-0.25, -0.2) is 0 Å². The molecule has 0 spiro atoms. The van der Waals surface area contributed by atoms with Crippen molar-refractivity contribution in [3.05, 3.63) is 49.5 Å². The lowest BCUT2D eigenvalue weighted by Crippen LogP contribution is -2.19. The number of esters is 1. The van der Waals surface area contributed by atoms with E-state index in [1.165, 1.54) is 0 Å². The van der Waals surface area contributed by atoms with Crippen molar-refractivity contribution in [2.75, 3.05) is 13.2 Å². The second-order valence-corrected chi connectivity index (χ2v) is 6.30. The van der Waals surface area contributed by atoms with E-state index in [0.29, 0.717) is 13.2 Å². The summed E-state index contributed by atoms with van der Waals surface area (Å²) >= 11 is 4.48. The summed E-state index contributed by atoms with van der Waals surface area (Å²) in [6.07, 6.45) is 0.176. The van der Waals surface area contributed by atoms with Crippen molar-refractivity contribution in [2.24, 2.45) is 0 Å². The molecule has 0 radical (unpaired) electrons. The highest BCUT2D eigenvalue weighted by Crippen LogP contribution is 2.15. The van der Waals surface area contributed by atoms with Crippen molar-refractivity contribution in [1.82, 2.24) is 4.57 Å². The fourth-order valence-corrected chi connectivity index (χ4v) is 2.82. The van der Waals surface area contributed by atoms with E-state index in [1.807, 2.05) is 31.2 Å². The van der Waals surface area contributed by atoms with Gasteiger partial charge in [0, 0.05) is 22.1 Å². The molecule has 1 aromatic heterocycles. The van der Waals surface area contributed by atoms with Gasteiger partial charge in [-0.1, -0.05) is 27.3 Å². The van der Waals surface area contributed by atoms with Crippen molar-refractivity contribution in [2.45, 2.75) is 19.9 Å². The van der Waals surface area contributed by atoms with Gasteiger partial charge in [-0.15, -0.1) is 0 Å². The number of carbonyl (C=O) groups excluding carboxylic acids is 1. The lowest BCUT2D eigenvalue weighted by atomic mass is 10.3. The van der Waals surface area contributed by atoms with Crippen LogP contribution in [0.1, 0.15) is 12.1 Å². The van der Waals surface area contributed by atoms with Gasteiger partial charge in [-0.05, 0) is 31.2 Å². The molecule has 0 atom stereocenters. The molecule has 2 aromatic rings. The first-order valence-corrected chi connectivity index (χ1v) is 8.42. The number of nitrogens with zero attached hydrogens (tertiary/aromatic N) is 1. The Labute approximate surface area is 140 Å². The maximum Gasteiger partial charge on any atom is 0.307 e. The van der Waals surface area contributed by atoms with E-state index in [1.54, 1.807) is 9.95 Å². The summed E-state index contributed by atoms with van der Waals surface area (Å²) in [5.41, 5.74) is 0.862. The standard InChI is InChI=1S/C15H16BrNO4S/c1-11-10-22-15(19)17(11)7-6-14(18)21-9-8-20-13-4-2-12(16)3-5-13/h2-5,10H,6-9H2,1H3. The molecule has 0 aliphatic heterocycles. The molecule has 22 heavy (non-hydrogen) atoms. The predicted octanol–water partition coefficient (Wildman–Crippen LogP) is 2.99. The Hall–Kier alpha value is -1.60. The van der Waals surface area contributed by atoms with Gasteiger partial charge in [0.25, 0.3) is 0 Å². The molecule has 0 saturated carbocycles.